The molecule has 0 saturated carbocycles. The highest BCUT2D eigenvalue weighted by atomic mass is 31.2. The van der Waals surface area contributed by atoms with E-state index in [-0.39, 0.29) is 38.6 Å². The van der Waals surface area contributed by atoms with Gasteiger partial charge in [0.05, 0.1) is 13.2 Å². The fourth-order valence-electron chi connectivity index (χ4n) is 10.2. The van der Waals surface area contributed by atoms with Gasteiger partial charge in [0.15, 0.2) is 6.10 Å². The molecule has 0 aliphatic heterocycles. The SMILES string of the molecule is CCCCCCC/C=C\C/C=C\C/C=C\CCCCCCCCCCC(=O)OC(COC(=O)CCCCCCCCCCCCCCCCCCCCCCCCCCCCCCCCCCCC)COP(=O)(O)OCCN. The lowest BCUT2D eigenvalue weighted by atomic mass is 10.0. The van der Waals surface area contributed by atoms with Gasteiger partial charge in [-0.15, -0.1) is 0 Å². The number of phosphoric acid groups is 1. The van der Waals surface area contributed by atoms with Crippen molar-refractivity contribution in [1.29, 1.82) is 0 Å². The van der Waals surface area contributed by atoms with Crippen LogP contribution in [0.2, 0.25) is 0 Å². The van der Waals surface area contributed by atoms with Crippen molar-refractivity contribution in [2.24, 2.45) is 5.73 Å². The Hall–Kier alpha value is -1.77. The number of ether oxygens (including phenoxy) is 2. The average Bonchev–Trinajstić information content (AvgIpc) is 3.43. The Bertz CT molecular complexity index is 1370. The van der Waals surface area contributed by atoms with Gasteiger partial charge in [-0.2, -0.15) is 0 Å². The molecule has 2 unspecified atom stereocenters. The van der Waals surface area contributed by atoms with E-state index in [1.165, 1.54) is 263 Å². The number of allylic oxidation sites excluding steroid dienone is 6. The summed E-state index contributed by atoms with van der Waals surface area (Å²) in [5.41, 5.74) is 5.39. The van der Waals surface area contributed by atoms with Crippen LogP contribution < -0.4 is 5.73 Å². The Morgan fingerprint density at radius 1 is 0.385 bits per heavy atom. The summed E-state index contributed by atoms with van der Waals surface area (Å²) < 4.78 is 33.1. The molecule has 0 aromatic carbocycles. The first-order chi connectivity index (χ1) is 38.3. The molecule has 0 heterocycles. The van der Waals surface area contributed by atoms with Crippen LogP contribution in [0.5, 0.6) is 0 Å². The van der Waals surface area contributed by atoms with Crippen molar-refractivity contribution in [1.82, 2.24) is 0 Å². The van der Waals surface area contributed by atoms with Crippen LogP contribution >= 0.6 is 7.82 Å². The minimum atomic E-state index is -4.39. The van der Waals surface area contributed by atoms with Crippen LogP contribution in [0.4, 0.5) is 0 Å². The minimum Gasteiger partial charge on any atom is -0.462 e. The maximum absolute atomic E-state index is 12.7. The third-order valence-electron chi connectivity index (χ3n) is 15.3. The molecule has 0 saturated heterocycles. The van der Waals surface area contributed by atoms with Gasteiger partial charge in [-0.05, 0) is 51.4 Å². The van der Waals surface area contributed by atoms with Crippen LogP contribution in [0, 0.1) is 0 Å². The van der Waals surface area contributed by atoms with Crippen LogP contribution in [0.15, 0.2) is 36.5 Å². The van der Waals surface area contributed by atoms with Gasteiger partial charge in [0, 0.05) is 19.4 Å². The maximum atomic E-state index is 12.7. The quantitative estimate of drug-likeness (QED) is 0.0264. The third kappa shape index (κ3) is 63.4. The first kappa shape index (κ1) is 76.2. The molecule has 0 aliphatic rings. The Kier molecular flexibility index (Phi) is 62.9. The molecule has 0 spiro atoms. The van der Waals surface area contributed by atoms with E-state index in [2.05, 4.69) is 50.3 Å². The van der Waals surface area contributed by atoms with Crippen molar-refractivity contribution in [2.45, 2.75) is 360 Å². The molecule has 2 atom stereocenters. The molecule has 0 bridgehead atoms. The zero-order valence-corrected chi connectivity index (χ0v) is 52.6. The van der Waals surface area contributed by atoms with Crippen molar-refractivity contribution < 1.29 is 37.6 Å². The average molecular weight is 1120 g/mol. The van der Waals surface area contributed by atoms with Crippen LogP contribution in [0.1, 0.15) is 354 Å². The lowest BCUT2D eigenvalue weighted by Crippen LogP contribution is -2.29. The van der Waals surface area contributed by atoms with E-state index in [1.54, 1.807) is 0 Å². The van der Waals surface area contributed by atoms with Gasteiger partial charge >= 0.3 is 19.8 Å². The number of phosphoric ester groups is 1. The maximum Gasteiger partial charge on any atom is 0.472 e. The van der Waals surface area contributed by atoms with Crippen LogP contribution in [-0.2, 0) is 32.7 Å². The summed E-state index contributed by atoms with van der Waals surface area (Å²) in [4.78, 5) is 35.3. The van der Waals surface area contributed by atoms with Gasteiger partial charge in [-0.25, -0.2) is 4.57 Å². The topological polar surface area (TPSA) is 134 Å². The normalized spacial score (nSPS) is 13.1. The lowest BCUT2D eigenvalue weighted by molar-refractivity contribution is -0.161. The van der Waals surface area contributed by atoms with Crippen LogP contribution in [0.3, 0.4) is 0 Å². The molecule has 0 amide bonds. The largest absolute Gasteiger partial charge is 0.472 e. The molecular weight excluding hydrogens is 990 g/mol. The van der Waals surface area contributed by atoms with Gasteiger partial charge < -0.3 is 20.1 Å². The van der Waals surface area contributed by atoms with Crippen molar-refractivity contribution in [3.05, 3.63) is 36.5 Å². The Morgan fingerprint density at radius 3 is 0.987 bits per heavy atom. The molecule has 9 nitrogen and oxygen atoms in total. The van der Waals surface area contributed by atoms with E-state index in [1.807, 2.05) is 0 Å². The molecule has 460 valence electrons. The first-order valence-electron chi connectivity index (χ1n) is 34.0. The second-order valence-corrected chi connectivity index (χ2v) is 24.5. The number of esters is 2. The van der Waals surface area contributed by atoms with Crippen molar-refractivity contribution in [3.8, 4) is 0 Å². The molecule has 0 radical (unpaired) electrons. The summed E-state index contributed by atoms with van der Waals surface area (Å²) in [6, 6.07) is 0. The zero-order valence-electron chi connectivity index (χ0n) is 51.7. The van der Waals surface area contributed by atoms with Crippen molar-refractivity contribution in [2.75, 3.05) is 26.4 Å². The molecule has 0 aliphatic carbocycles. The van der Waals surface area contributed by atoms with Gasteiger partial charge in [0.25, 0.3) is 0 Å². The summed E-state index contributed by atoms with van der Waals surface area (Å²) in [5.74, 6) is -0.819. The fourth-order valence-corrected chi connectivity index (χ4v) is 11.0. The first-order valence-corrected chi connectivity index (χ1v) is 35.5. The van der Waals surface area contributed by atoms with E-state index in [0.717, 1.165) is 57.8 Å². The predicted molar refractivity (Wildman–Crippen MR) is 335 cm³/mol. The Labute approximate surface area is 484 Å². The number of nitrogens with two attached hydrogens (primary N) is 1. The standard InChI is InChI=1S/C68H130NO8P/c1-3-5-7-9-11-13-15-17-19-21-23-25-27-28-29-30-31-32-33-34-35-36-37-39-40-42-44-46-48-50-52-54-56-58-60-67(70)74-64-66(65-76-78(72,73)75-63-62-69)77-68(71)61-59-57-55-53-51-49-47-45-43-41-38-26-24-22-20-18-16-14-12-10-8-6-4-2/h16,18,22,24,38,41,66H,3-15,17,19-21,23,25-37,39-40,42-65,69H2,1-2H3,(H,72,73)/b18-16-,24-22-,41-38-. The van der Waals surface area contributed by atoms with E-state index in [9.17, 15) is 19.0 Å². The van der Waals surface area contributed by atoms with Gasteiger partial charge in [-0.1, -0.05) is 326 Å². The lowest BCUT2D eigenvalue weighted by Gasteiger charge is -2.19. The summed E-state index contributed by atoms with van der Waals surface area (Å²) in [7, 11) is -4.39. The number of carbonyl (C=O) groups excluding carboxylic acids is 2. The monoisotopic (exact) mass is 1120 g/mol. The molecule has 0 fully saturated rings. The highest BCUT2D eigenvalue weighted by Gasteiger charge is 2.26. The van der Waals surface area contributed by atoms with E-state index in [0.29, 0.717) is 6.42 Å². The smallest absolute Gasteiger partial charge is 0.462 e. The predicted octanol–water partition coefficient (Wildman–Crippen LogP) is 21.9. The molecule has 78 heavy (non-hydrogen) atoms. The van der Waals surface area contributed by atoms with Gasteiger partial charge in [0.2, 0.25) is 0 Å². The zero-order chi connectivity index (χ0) is 56.6. The number of carbonyl (C=O) groups is 2. The number of hydrogen-bond donors (Lipinski definition) is 2. The number of hydrogen-bond acceptors (Lipinski definition) is 8. The summed E-state index contributed by atoms with van der Waals surface area (Å²) in [6.07, 6.45) is 79.6. The van der Waals surface area contributed by atoms with E-state index in [4.69, 9.17) is 24.3 Å². The second-order valence-electron chi connectivity index (χ2n) is 23.1. The summed E-state index contributed by atoms with van der Waals surface area (Å²) in [6.45, 7) is 3.79. The van der Waals surface area contributed by atoms with Crippen LogP contribution in [0.25, 0.3) is 0 Å². The fraction of sp³-hybridized carbons (Fsp3) is 0.882. The minimum absolute atomic E-state index is 0.0532. The molecule has 0 aromatic rings. The molecule has 10 heteroatoms. The molecule has 0 aromatic heterocycles. The third-order valence-corrected chi connectivity index (χ3v) is 16.3. The molecular formula is C68H130NO8P. The Morgan fingerprint density at radius 2 is 0.667 bits per heavy atom. The summed E-state index contributed by atoms with van der Waals surface area (Å²) >= 11 is 0. The van der Waals surface area contributed by atoms with Gasteiger partial charge in [-0.3, -0.25) is 18.6 Å². The highest BCUT2D eigenvalue weighted by molar-refractivity contribution is 7.47. The van der Waals surface area contributed by atoms with E-state index < -0.39 is 26.5 Å². The molecule has 3 N–H and O–H groups in total. The highest BCUT2D eigenvalue weighted by Crippen LogP contribution is 2.43. The number of rotatable bonds is 65. The second kappa shape index (κ2) is 64.4. The summed E-state index contributed by atoms with van der Waals surface area (Å²) in [5, 5.41) is 0. The Balaban J connectivity index is 3.82. The van der Waals surface area contributed by atoms with Crippen LogP contribution in [-0.4, -0.2) is 49.3 Å². The van der Waals surface area contributed by atoms with Crippen molar-refractivity contribution in [3.63, 3.8) is 0 Å². The molecule has 0 rings (SSSR count). The van der Waals surface area contributed by atoms with Gasteiger partial charge in [0.1, 0.15) is 6.61 Å². The van der Waals surface area contributed by atoms with Crippen molar-refractivity contribution >= 4 is 19.8 Å². The van der Waals surface area contributed by atoms with E-state index >= 15 is 0 Å². The number of unbranched alkanes of at least 4 members (excludes halogenated alkanes) is 46.